The predicted octanol–water partition coefficient (Wildman–Crippen LogP) is 7.94. The summed E-state index contributed by atoms with van der Waals surface area (Å²) in [6, 6.07) is 28.1. The van der Waals surface area contributed by atoms with Gasteiger partial charge in [-0.05, 0) is 59.3 Å². The largest absolute Gasteiger partial charge is 0.457 e. The average Bonchev–Trinajstić information content (AvgIpc) is 3.03. The van der Waals surface area contributed by atoms with Crippen LogP contribution in [0.1, 0.15) is 41.4 Å². The number of hydrogen-bond donors (Lipinski definition) is 0. The first-order chi connectivity index (χ1) is 21.5. The van der Waals surface area contributed by atoms with Crippen LogP contribution in [-0.4, -0.2) is 23.9 Å². The maximum atomic E-state index is 13.2. The van der Waals surface area contributed by atoms with Gasteiger partial charge in [0.05, 0.1) is 22.3 Å². The number of esters is 4. The van der Waals surface area contributed by atoms with Crippen LogP contribution in [0, 0.1) is 0 Å². The standard InChI is InChI=1S/C36H16O8/c37-33-21-14-12-20-30-26(42-18-9-5-2-6-10-18)16-24-28-22(34(38)44-36(24)40)13-11-19(32(28)30)29-25(41-17-7-3-1-4-8-17)15-23(35(39)43-33)27(21)31(20)29/h1-16H. The summed E-state index contributed by atoms with van der Waals surface area (Å²) >= 11 is 0. The van der Waals surface area contributed by atoms with Crippen molar-refractivity contribution in [1.82, 2.24) is 0 Å². The molecule has 0 bridgehead atoms. The van der Waals surface area contributed by atoms with E-state index in [-0.39, 0.29) is 22.3 Å². The number of fused-ring (bicyclic) bond motifs is 2. The monoisotopic (exact) mass is 576 g/mol. The number of carbonyl (C=O) groups excluding carboxylic acids is 4. The lowest BCUT2D eigenvalue weighted by atomic mass is 9.82. The van der Waals surface area contributed by atoms with Crippen LogP contribution in [-0.2, 0) is 9.47 Å². The Morgan fingerprint density at radius 2 is 0.773 bits per heavy atom. The van der Waals surface area contributed by atoms with Crippen molar-refractivity contribution in [3.8, 4) is 23.0 Å². The molecule has 0 amide bonds. The van der Waals surface area contributed by atoms with Gasteiger partial charge >= 0.3 is 23.9 Å². The molecule has 2 aliphatic rings. The summed E-state index contributed by atoms with van der Waals surface area (Å²) in [6.07, 6.45) is 0. The first-order valence-electron chi connectivity index (χ1n) is 13.7. The van der Waals surface area contributed by atoms with Gasteiger partial charge in [0.15, 0.2) is 0 Å². The number of carbonyl (C=O) groups is 4. The minimum Gasteiger partial charge on any atom is -0.457 e. The van der Waals surface area contributed by atoms with Gasteiger partial charge in [-0.1, -0.05) is 48.5 Å². The van der Waals surface area contributed by atoms with E-state index >= 15 is 0 Å². The molecule has 0 fully saturated rings. The number of para-hydroxylation sites is 2. The number of benzene rings is 7. The molecular weight excluding hydrogens is 560 g/mol. The first kappa shape index (κ1) is 24.3. The highest BCUT2D eigenvalue weighted by Gasteiger charge is 2.35. The normalized spacial score (nSPS) is 14.0. The minimum absolute atomic E-state index is 0.185. The van der Waals surface area contributed by atoms with Crippen molar-refractivity contribution in [3.63, 3.8) is 0 Å². The van der Waals surface area contributed by atoms with Crippen LogP contribution in [0.3, 0.4) is 0 Å². The minimum atomic E-state index is -0.783. The number of hydrogen-bond acceptors (Lipinski definition) is 8. The number of rotatable bonds is 4. The molecule has 0 saturated heterocycles. The fourth-order valence-corrected chi connectivity index (χ4v) is 6.48. The molecule has 0 N–H and O–H groups in total. The molecule has 9 rings (SSSR count). The number of cyclic esters (lactones) is 4. The molecule has 44 heavy (non-hydrogen) atoms. The molecule has 7 aromatic carbocycles. The van der Waals surface area contributed by atoms with Crippen LogP contribution >= 0.6 is 0 Å². The van der Waals surface area contributed by atoms with Crippen LogP contribution in [0.4, 0.5) is 0 Å². The van der Waals surface area contributed by atoms with Gasteiger partial charge in [0.1, 0.15) is 23.0 Å². The highest BCUT2D eigenvalue weighted by atomic mass is 16.6. The van der Waals surface area contributed by atoms with Crippen LogP contribution < -0.4 is 9.47 Å². The second-order valence-corrected chi connectivity index (χ2v) is 10.6. The van der Waals surface area contributed by atoms with Crippen molar-refractivity contribution in [3.05, 3.63) is 119 Å². The zero-order valence-electron chi connectivity index (χ0n) is 22.5. The van der Waals surface area contributed by atoms with E-state index in [2.05, 4.69) is 0 Å². The van der Waals surface area contributed by atoms with Crippen molar-refractivity contribution in [1.29, 1.82) is 0 Å². The number of ether oxygens (including phenoxy) is 4. The zero-order valence-corrected chi connectivity index (χ0v) is 22.5. The molecule has 0 saturated carbocycles. The van der Waals surface area contributed by atoms with Crippen molar-refractivity contribution in [2.24, 2.45) is 0 Å². The molecule has 0 radical (unpaired) electrons. The van der Waals surface area contributed by atoms with E-state index in [1.165, 1.54) is 0 Å². The van der Waals surface area contributed by atoms with E-state index in [4.69, 9.17) is 18.9 Å². The molecule has 0 unspecified atom stereocenters. The van der Waals surface area contributed by atoms with Crippen molar-refractivity contribution in [2.75, 3.05) is 0 Å². The van der Waals surface area contributed by atoms with Crippen LogP contribution in [0.25, 0.3) is 43.1 Å². The third-order valence-electron chi connectivity index (χ3n) is 8.22. The second-order valence-electron chi connectivity index (χ2n) is 10.6. The van der Waals surface area contributed by atoms with Gasteiger partial charge < -0.3 is 18.9 Å². The Labute approximate surface area is 247 Å². The maximum absolute atomic E-state index is 13.2. The van der Waals surface area contributed by atoms with Crippen molar-refractivity contribution in [2.45, 2.75) is 0 Å². The van der Waals surface area contributed by atoms with Gasteiger partial charge in [0.25, 0.3) is 0 Å². The highest BCUT2D eigenvalue weighted by molar-refractivity contribution is 6.41. The molecule has 2 aliphatic heterocycles. The Hall–Kier alpha value is -6.28. The summed E-state index contributed by atoms with van der Waals surface area (Å²) in [7, 11) is 0. The van der Waals surface area contributed by atoms with Gasteiger partial charge in [-0.15, -0.1) is 0 Å². The average molecular weight is 577 g/mol. The van der Waals surface area contributed by atoms with Gasteiger partial charge in [0, 0.05) is 32.3 Å². The lowest BCUT2D eigenvalue weighted by molar-refractivity contribution is 0.0373. The van der Waals surface area contributed by atoms with Gasteiger partial charge in [-0.25, -0.2) is 19.2 Å². The van der Waals surface area contributed by atoms with Gasteiger partial charge in [0.2, 0.25) is 0 Å². The van der Waals surface area contributed by atoms with E-state index in [0.29, 0.717) is 66.1 Å². The van der Waals surface area contributed by atoms with Crippen molar-refractivity contribution < 1.29 is 38.1 Å². The van der Waals surface area contributed by atoms with Crippen LogP contribution in [0.15, 0.2) is 97.1 Å². The molecule has 2 heterocycles. The van der Waals surface area contributed by atoms with E-state index in [1.54, 1.807) is 60.7 Å². The van der Waals surface area contributed by atoms with Gasteiger partial charge in [-0.2, -0.15) is 0 Å². The molecule has 8 nitrogen and oxygen atoms in total. The second kappa shape index (κ2) is 8.62. The molecule has 0 spiro atoms. The van der Waals surface area contributed by atoms with Crippen LogP contribution in [0.5, 0.6) is 23.0 Å². The predicted molar refractivity (Wildman–Crippen MR) is 160 cm³/mol. The third-order valence-corrected chi connectivity index (χ3v) is 8.22. The molecule has 0 aromatic heterocycles. The van der Waals surface area contributed by atoms with Crippen LogP contribution in [0.2, 0.25) is 0 Å². The van der Waals surface area contributed by atoms with E-state index < -0.39 is 23.9 Å². The topological polar surface area (TPSA) is 105 Å². The summed E-state index contributed by atoms with van der Waals surface area (Å²) in [5.74, 6) is -1.34. The Balaban J connectivity index is 1.53. The summed E-state index contributed by atoms with van der Waals surface area (Å²) in [4.78, 5) is 52.2. The van der Waals surface area contributed by atoms with E-state index in [0.717, 1.165) is 0 Å². The molecule has 7 aromatic rings. The van der Waals surface area contributed by atoms with Crippen molar-refractivity contribution >= 4 is 67.0 Å². The SMILES string of the molecule is O=C1OC(=O)c2cc(Oc3ccccc3)c3c4ccc5c6c(cc(Oc7ccccc7)c(c7ccc1c2c73)c64)C(=O)OC5=O. The van der Waals surface area contributed by atoms with E-state index in [1.807, 2.05) is 36.4 Å². The third kappa shape index (κ3) is 3.22. The highest BCUT2D eigenvalue weighted by Crippen LogP contribution is 2.52. The fraction of sp³-hybridized carbons (Fsp3) is 0. The Kier molecular flexibility index (Phi) is 4.77. The molecule has 208 valence electrons. The quantitative estimate of drug-likeness (QED) is 0.0900. The first-order valence-corrected chi connectivity index (χ1v) is 13.7. The Bertz CT molecular complexity index is 2270. The lowest BCUT2D eigenvalue weighted by Gasteiger charge is -2.25. The van der Waals surface area contributed by atoms with Gasteiger partial charge in [-0.3, -0.25) is 0 Å². The molecule has 0 aliphatic carbocycles. The zero-order chi connectivity index (χ0) is 29.7. The summed E-state index contributed by atoms with van der Waals surface area (Å²) < 4.78 is 23.0. The molecule has 8 heteroatoms. The lowest BCUT2D eigenvalue weighted by Crippen LogP contribution is -2.21. The molecule has 0 atom stereocenters. The summed E-state index contributed by atoms with van der Waals surface area (Å²) in [5, 5.41) is 4.51. The Morgan fingerprint density at radius 3 is 1.18 bits per heavy atom. The summed E-state index contributed by atoms with van der Waals surface area (Å²) in [5.41, 5.74) is 0.849. The Morgan fingerprint density at radius 1 is 0.386 bits per heavy atom. The van der Waals surface area contributed by atoms with E-state index in [9.17, 15) is 19.2 Å². The maximum Gasteiger partial charge on any atom is 0.346 e. The summed E-state index contributed by atoms with van der Waals surface area (Å²) in [6.45, 7) is 0. The smallest absolute Gasteiger partial charge is 0.346 e. The fourth-order valence-electron chi connectivity index (χ4n) is 6.48. The molecular formula is C36H16O8.